The Bertz CT molecular complexity index is 940. The van der Waals surface area contributed by atoms with Crippen LogP contribution in [-0.2, 0) is 10.4 Å². The van der Waals surface area contributed by atoms with Gasteiger partial charge in [-0.3, -0.25) is 0 Å². The molecular weight excluding hydrogens is 376 g/mol. The molecule has 0 aliphatic carbocycles. The standard InChI is InChI=1S/C23H21ClO4/c1-2-21(22(25)26)28-18-14-12-17(13-15-18)23(27,16-8-4-3-5-9-16)19-10-6-7-11-20(19)24/h3-15,21,27H,2H2,1H3,(H,25,26). The predicted molar refractivity (Wildman–Crippen MR) is 109 cm³/mol. The number of rotatable bonds is 7. The summed E-state index contributed by atoms with van der Waals surface area (Å²) in [4.78, 5) is 11.2. The highest BCUT2D eigenvalue weighted by Gasteiger charge is 2.35. The molecule has 0 spiro atoms. The largest absolute Gasteiger partial charge is 0.479 e. The minimum atomic E-state index is -1.46. The summed E-state index contributed by atoms with van der Waals surface area (Å²) in [6.45, 7) is 1.75. The summed E-state index contributed by atoms with van der Waals surface area (Å²) in [5.41, 5.74) is 0.375. The van der Waals surface area contributed by atoms with E-state index in [1.807, 2.05) is 42.5 Å². The number of ether oxygens (including phenoxy) is 1. The maximum atomic E-state index is 11.8. The molecule has 0 radical (unpaired) electrons. The van der Waals surface area contributed by atoms with Crippen LogP contribution < -0.4 is 4.74 Å². The van der Waals surface area contributed by atoms with E-state index >= 15 is 0 Å². The fraction of sp³-hybridized carbons (Fsp3) is 0.174. The first kappa shape index (κ1) is 19.9. The molecule has 0 aliphatic heterocycles. The molecule has 4 nitrogen and oxygen atoms in total. The summed E-state index contributed by atoms with van der Waals surface area (Å²) in [6, 6.07) is 23.2. The number of carboxylic acids is 1. The van der Waals surface area contributed by atoms with Crippen molar-refractivity contribution in [1.29, 1.82) is 0 Å². The van der Waals surface area contributed by atoms with E-state index in [1.54, 1.807) is 43.3 Å². The number of carboxylic acid groups (broad SMARTS) is 1. The summed E-state index contributed by atoms with van der Waals surface area (Å²) >= 11 is 6.41. The van der Waals surface area contributed by atoms with Crippen LogP contribution in [0.2, 0.25) is 5.02 Å². The molecule has 0 aromatic heterocycles. The molecule has 0 saturated carbocycles. The zero-order chi connectivity index (χ0) is 20.1. The van der Waals surface area contributed by atoms with Gasteiger partial charge in [0.05, 0.1) is 0 Å². The summed E-state index contributed by atoms with van der Waals surface area (Å²) in [6.07, 6.45) is -0.563. The van der Waals surface area contributed by atoms with Crippen LogP contribution in [-0.4, -0.2) is 22.3 Å². The molecule has 3 aromatic carbocycles. The summed E-state index contributed by atoms with van der Waals surface area (Å²) in [5, 5.41) is 21.4. The number of halogens is 1. The number of hydrogen-bond donors (Lipinski definition) is 2. The van der Waals surface area contributed by atoms with E-state index in [1.165, 1.54) is 0 Å². The van der Waals surface area contributed by atoms with Gasteiger partial charge in [0.2, 0.25) is 0 Å². The van der Waals surface area contributed by atoms with Gasteiger partial charge in [0.1, 0.15) is 11.4 Å². The van der Waals surface area contributed by atoms with E-state index in [2.05, 4.69) is 0 Å². The molecule has 0 bridgehead atoms. The van der Waals surface area contributed by atoms with Gasteiger partial charge in [-0.05, 0) is 35.7 Å². The van der Waals surface area contributed by atoms with E-state index < -0.39 is 17.7 Å². The van der Waals surface area contributed by atoms with Crippen LogP contribution in [0.3, 0.4) is 0 Å². The molecule has 0 amide bonds. The number of aliphatic hydroxyl groups is 1. The number of aliphatic carboxylic acids is 1. The molecule has 28 heavy (non-hydrogen) atoms. The Labute approximate surface area is 169 Å². The van der Waals surface area contributed by atoms with E-state index in [0.29, 0.717) is 33.9 Å². The lowest BCUT2D eigenvalue weighted by Gasteiger charge is -2.31. The Hall–Kier alpha value is -2.82. The number of benzene rings is 3. The van der Waals surface area contributed by atoms with Gasteiger partial charge in [-0.25, -0.2) is 4.79 Å². The molecule has 2 atom stereocenters. The lowest BCUT2D eigenvalue weighted by atomic mass is 9.80. The highest BCUT2D eigenvalue weighted by Crippen LogP contribution is 2.40. The first-order chi connectivity index (χ1) is 13.5. The van der Waals surface area contributed by atoms with Crippen molar-refractivity contribution in [2.45, 2.75) is 25.0 Å². The molecule has 144 valence electrons. The lowest BCUT2D eigenvalue weighted by Crippen LogP contribution is -2.29. The van der Waals surface area contributed by atoms with Crippen LogP contribution in [0, 0.1) is 0 Å². The smallest absolute Gasteiger partial charge is 0.344 e. The van der Waals surface area contributed by atoms with Crippen molar-refractivity contribution in [3.05, 3.63) is 101 Å². The molecule has 0 heterocycles. The molecule has 0 fully saturated rings. The Morgan fingerprint density at radius 3 is 2.11 bits per heavy atom. The van der Waals surface area contributed by atoms with E-state index in [4.69, 9.17) is 21.4 Å². The molecule has 3 rings (SSSR count). The van der Waals surface area contributed by atoms with E-state index in [0.717, 1.165) is 0 Å². The van der Waals surface area contributed by atoms with Crippen LogP contribution in [0.15, 0.2) is 78.9 Å². The summed E-state index contributed by atoms with van der Waals surface area (Å²) < 4.78 is 5.52. The van der Waals surface area contributed by atoms with E-state index in [9.17, 15) is 9.90 Å². The molecule has 0 aliphatic rings. The Balaban J connectivity index is 2.05. The minimum Gasteiger partial charge on any atom is -0.479 e. The first-order valence-electron chi connectivity index (χ1n) is 8.99. The second kappa shape index (κ2) is 8.46. The Morgan fingerprint density at radius 1 is 0.964 bits per heavy atom. The van der Waals surface area contributed by atoms with Crippen LogP contribution in [0.25, 0.3) is 0 Å². The van der Waals surface area contributed by atoms with Crippen molar-refractivity contribution in [3.8, 4) is 5.75 Å². The average Bonchev–Trinajstić information content (AvgIpc) is 2.72. The average molecular weight is 397 g/mol. The normalized spacial score (nSPS) is 14.1. The maximum absolute atomic E-state index is 11.8. The quantitative estimate of drug-likeness (QED) is 0.559. The third-order valence-corrected chi connectivity index (χ3v) is 4.98. The van der Waals surface area contributed by atoms with Crippen molar-refractivity contribution in [3.63, 3.8) is 0 Å². The van der Waals surface area contributed by atoms with Gasteiger partial charge < -0.3 is 14.9 Å². The van der Waals surface area contributed by atoms with Crippen LogP contribution in [0.5, 0.6) is 5.75 Å². The molecule has 5 heteroatoms. The third kappa shape index (κ3) is 3.88. The van der Waals surface area contributed by atoms with Gasteiger partial charge in [0.15, 0.2) is 6.10 Å². The Kier molecular flexibility index (Phi) is 6.02. The summed E-state index contributed by atoms with van der Waals surface area (Å²) in [7, 11) is 0. The summed E-state index contributed by atoms with van der Waals surface area (Å²) in [5.74, 6) is -0.587. The minimum absolute atomic E-state index is 0.352. The maximum Gasteiger partial charge on any atom is 0.344 e. The first-order valence-corrected chi connectivity index (χ1v) is 9.37. The number of carbonyl (C=O) groups is 1. The molecular formula is C23H21ClO4. The Morgan fingerprint density at radius 2 is 1.54 bits per heavy atom. The molecule has 2 N–H and O–H groups in total. The zero-order valence-electron chi connectivity index (χ0n) is 15.4. The highest BCUT2D eigenvalue weighted by molar-refractivity contribution is 6.31. The van der Waals surface area contributed by atoms with Gasteiger partial charge in [0.25, 0.3) is 0 Å². The highest BCUT2D eigenvalue weighted by atomic mass is 35.5. The van der Waals surface area contributed by atoms with Crippen molar-refractivity contribution in [2.75, 3.05) is 0 Å². The fourth-order valence-corrected chi connectivity index (χ4v) is 3.43. The van der Waals surface area contributed by atoms with Gasteiger partial charge >= 0.3 is 5.97 Å². The lowest BCUT2D eigenvalue weighted by molar-refractivity contribution is -0.145. The third-order valence-electron chi connectivity index (χ3n) is 4.65. The zero-order valence-corrected chi connectivity index (χ0v) is 16.1. The predicted octanol–water partition coefficient (Wildman–Crippen LogP) is 4.87. The van der Waals surface area contributed by atoms with Crippen molar-refractivity contribution in [1.82, 2.24) is 0 Å². The van der Waals surface area contributed by atoms with Gasteiger partial charge in [-0.1, -0.05) is 79.2 Å². The monoisotopic (exact) mass is 396 g/mol. The second-order valence-electron chi connectivity index (χ2n) is 6.43. The topological polar surface area (TPSA) is 66.8 Å². The van der Waals surface area contributed by atoms with Crippen LogP contribution >= 0.6 is 11.6 Å². The SMILES string of the molecule is CCC(Oc1ccc(C(O)(c2ccccc2)c2ccccc2Cl)cc1)C(=O)O. The van der Waals surface area contributed by atoms with Crippen LogP contribution in [0.4, 0.5) is 0 Å². The van der Waals surface area contributed by atoms with Crippen molar-refractivity contribution < 1.29 is 19.7 Å². The molecule has 3 aromatic rings. The van der Waals surface area contributed by atoms with Gasteiger partial charge in [-0.2, -0.15) is 0 Å². The molecule has 0 saturated heterocycles. The fourth-order valence-electron chi connectivity index (χ4n) is 3.16. The van der Waals surface area contributed by atoms with Gasteiger partial charge in [-0.15, -0.1) is 0 Å². The van der Waals surface area contributed by atoms with E-state index in [-0.39, 0.29) is 0 Å². The van der Waals surface area contributed by atoms with Crippen LogP contribution in [0.1, 0.15) is 30.0 Å². The second-order valence-corrected chi connectivity index (χ2v) is 6.84. The van der Waals surface area contributed by atoms with Crippen molar-refractivity contribution >= 4 is 17.6 Å². The van der Waals surface area contributed by atoms with Crippen molar-refractivity contribution in [2.24, 2.45) is 0 Å². The van der Waals surface area contributed by atoms with Gasteiger partial charge in [0, 0.05) is 10.6 Å². The molecule has 2 unspecified atom stereocenters. The number of hydrogen-bond acceptors (Lipinski definition) is 3.